The normalized spacial score (nSPS) is 19.0. The third-order valence-corrected chi connectivity index (χ3v) is 7.66. The van der Waals surface area contributed by atoms with Gasteiger partial charge in [0.1, 0.15) is 17.1 Å². The van der Waals surface area contributed by atoms with E-state index < -0.39 is 0 Å². The lowest BCUT2D eigenvalue weighted by molar-refractivity contribution is -0.132. The Morgan fingerprint density at radius 3 is 2.00 bits per heavy atom. The summed E-state index contributed by atoms with van der Waals surface area (Å²) in [5.41, 5.74) is 3.76. The van der Waals surface area contributed by atoms with Gasteiger partial charge in [0.05, 0.1) is 0 Å². The monoisotopic (exact) mass is 470 g/mol. The van der Waals surface area contributed by atoms with Crippen LogP contribution in [0.4, 0.5) is 0 Å². The first-order valence-corrected chi connectivity index (χ1v) is 13.6. The fourth-order valence-electron chi connectivity index (χ4n) is 5.19. The van der Waals surface area contributed by atoms with Crippen LogP contribution in [0, 0.1) is 38.5 Å². The zero-order chi connectivity index (χ0) is 25.5. The molecule has 3 heteroatoms. The van der Waals surface area contributed by atoms with Crippen LogP contribution in [0.15, 0.2) is 6.08 Å². The number of carbonyl (C=O) groups excluding carboxylic acids is 1. The van der Waals surface area contributed by atoms with E-state index >= 15 is 0 Å². The van der Waals surface area contributed by atoms with Gasteiger partial charge in [-0.25, -0.2) is 0 Å². The van der Waals surface area contributed by atoms with Gasteiger partial charge in [0.2, 0.25) is 0 Å². The Morgan fingerprint density at radius 2 is 1.44 bits per heavy atom. The number of rotatable bonds is 13. The van der Waals surface area contributed by atoms with E-state index in [1.807, 2.05) is 13.8 Å². The molecule has 2 rings (SSSR count). The molecule has 0 spiro atoms. The molecule has 0 aliphatic carbocycles. The molecule has 0 bridgehead atoms. The minimum absolute atomic E-state index is 0.286. The van der Waals surface area contributed by atoms with Crippen LogP contribution in [0.3, 0.4) is 0 Å². The summed E-state index contributed by atoms with van der Waals surface area (Å²) in [4.78, 5) is 11.6. The lowest BCUT2D eigenvalue weighted by atomic mass is 9.88. The van der Waals surface area contributed by atoms with Crippen LogP contribution in [-0.4, -0.2) is 11.6 Å². The number of ether oxygens (including phenoxy) is 2. The minimum atomic E-state index is -0.287. The van der Waals surface area contributed by atoms with Gasteiger partial charge in [0.25, 0.3) is 0 Å². The minimum Gasteiger partial charge on any atom is -0.483 e. The first kappa shape index (κ1) is 28.5. The van der Waals surface area contributed by atoms with Crippen molar-refractivity contribution in [2.24, 2.45) is 17.8 Å². The molecule has 0 amide bonds. The molecule has 0 saturated heterocycles. The first-order chi connectivity index (χ1) is 15.9. The maximum Gasteiger partial charge on any atom is 0.308 e. The lowest BCUT2D eigenvalue weighted by Crippen LogP contribution is -2.32. The summed E-state index contributed by atoms with van der Waals surface area (Å²) in [6.07, 6.45) is 16.0. The fraction of sp³-hybridized carbons (Fsp3) is 0.710. The molecule has 1 aliphatic heterocycles. The van der Waals surface area contributed by atoms with Gasteiger partial charge >= 0.3 is 5.97 Å². The highest BCUT2D eigenvalue weighted by Crippen LogP contribution is 2.43. The highest BCUT2D eigenvalue weighted by molar-refractivity contribution is 5.76. The fourth-order valence-corrected chi connectivity index (χ4v) is 5.19. The number of hydrogen-bond donors (Lipinski definition) is 0. The molecule has 3 atom stereocenters. The van der Waals surface area contributed by atoms with Crippen molar-refractivity contribution in [2.45, 2.75) is 126 Å². The van der Waals surface area contributed by atoms with Crippen LogP contribution in [0.5, 0.6) is 11.5 Å². The van der Waals surface area contributed by atoms with Gasteiger partial charge in [-0.2, -0.15) is 0 Å². The molecule has 1 aliphatic rings. The van der Waals surface area contributed by atoms with E-state index in [1.54, 1.807) is 0 Å². The Labute approximate surface area is 209 Å². The highest BCUT2D eigenvalue weighted by Gasteiger charge is 2.31. The van der Waals surface area contributed by atoms with Crippen molar-refractivity contribution in [1.29, 1.82) is 0 Å². The van der Waals surface area contributed by atoms with E-state index in [4.69, 9.17) is 9.47 Å². The van der Waals surface area contributed by atoms with Gasteiger partial charge in [0.15, 0.2) is 0 Å². The third-order valence-electron chi connectivity index (χ3n) is 7.66. The molecule has 0 N–H and O–H groups in total. The van der Waals surface area contributed by atoms with Gasteiger partial charge in [-0.05, 0) is 75.5 Å². The summed E-state index contributed by atoms with van der Waals surface area (Å²) in [6.45, 7) is 19.2. The average molecular weight is 471 g/mol. The topological polar surface area (TPSA) is 35.5 Å². The molecule has 1 aromatic rings. The Kier molecular flexibility index (Phi) is 10.7. The molecule has 0 aromatic heterocycles. The maximum atomic E-state index is 11.6. The van der Waals surface area contributed by atoms with Crippen LogP contribution in [0.2, 0.25) is 0 Å². The molecule has 3 nitrogen and oxygen atoms in total. The van der Waals surface area contributed by atoms with E-state index in [0.29, 0.717) is 5.75 Å². The van der Waals surface area contributed by atoms with E-state index in [1.165, 1.54) is 58.3 Å². The van der Waals surface area contributed by atoms with E-state index in [2.05, 4.69) is 53.7 Å². The van der Waals surface area contributed by atoms with Gasteiger partial charge in [-0.1, -0.05) is 78.7 Å². The molecule has 1 heterocycles. The van der Waals surface area contributed by atoms with Gasteiger partial charge in [-0.3, -0.25) is 4.79 Å². The molecule has 0 radical (unpaired) electrons. The number of esters is 1. The van der Waals surface area contributed by atoms with Crippen molar-refractivity contribution < 1.29 is 14.3 Å². The standard InChI is InChI=1S/C31H50O3/c1-21(2)13-10-14-22(3)15-11-16-23(4)17-12-19-31(9)20-18-28-26(7)29(33-27(8)32)24(5)25(6)30(28)34-31/h18,20-23H,10-17,19H2,1-9H3/t22-,23+,31-/m1/s1. The summed E-state index contributed by atoms with van der Waals surface area (Å²) in [6, 6.07) is 0. The second-order valence-corrected chi connectivity index (χ2v) is 11.6. The molecular formula is C31H50O3. The van der Waals surface area contributed by atoms with Crippen molar-refractivity contribution in [3.8, 4) is 11.5 Å². The zero-order valence-corrected chi connectivity index (χ0v) is 23.5. The lowest BCUT2D eigenvalue weighted by Gasteiger charge is -2.34. The summed E-state index contributed by atoms with van der Waals surface area (Å²) < 4.78 is 12.1. The van der Waals surface area contributed by atoms with Crippen LogP contribution >= 0.6 is 0 Å². The SMILES string of the molecule is CC(=O)Oc1c(C)c(C)c2c(c1C)C=C[C@@](C)(CCC[C@@H](C)CCC[C@H](C)CCCC(C)C)O2. The zero-order valence-electron chi connectivity index (χ0n) is 23.5. The highest BCUT2D eigenvalue weighted by atomic mass is 16.5. The molecule has 0 unspecified atom stereocenters. The van der Waals surface area contributed by atoms with Crippen molar-refractivity contribution in [2.75, 3.05) is 0 Å². The van der Waals surface area contributed by atoms with Gasteiger partial charge in [-0.15, -0.1) is 0 Å². The second-order valence-electron chi connectivity index (χ2n) is 11.6. The van der Waals surface area contributed by atoms with E-state index in [0.717, 1.165) is 52.2 Å². The number of benzene rings is 1. The van der Waals surface area contributed by atoms with Crippen LogP contribution < -0.4 is 9.47 Å². The van der Waals surface area contributed by atoms with Crippen LogP contribution in [0.25, 0.3) is 6.08 Å². The predicted octanol–water partition coefficient (Wildman–Crippen LogP) is 9.14. The Balaban J connectivity index is 1.84. The smallest absolute Gasteiger partial charge is 0.308 e. The number of hydrogen-bond acceptors (Lipinski definition) is 3. The van der Waals surface area contributed by atoms with E-state index in [-0.39, 0.29) is 11.6 Å². The van der Waals surface area contributed by atoms with Crippen LogP contribution in [-0.2, 0) is 4.79 Å². The quantitative estimate of drug-likeness (QED) is 0.213. The van der Waals surface area contributed by atoms with Crippen molar-refractivity contribution in [1.82, 2.24) is 0 Å². The molecule has 1 aromatic carbocycles. The van der Waals surface area contributed by atoms with Crippen molar-refractivity contribution in [3.63, 3.8) is 0 Å². The molecular weight excluding hydrogens is 420 g/mol. The summed E-state index contributed by atoms with van der Waals surface area (Å²) in [5.74, 6) is 3.79. The summed E-state index contributed by atoms with van der Waals surface area (Å²) >= 11 is 0. The number of carbonyl (C=O) groups is 1. The van der Waals surface area contributed by atoms with Gasteiger partial charge < -0.3 is 9.47 Å². The molecule has 0 fully saturated rings. The molecule has 0 saturated carbocycles. The summed E-state index contributed by atoms with van der Waals surface area (Å²) in [5, 5.41) is 0. The average Bonchev–Trinajstić information content (AvgIpc) is 2.74. The van der Waals surface area contributed by atoms with E-state index in [9.17, 15) is 4.79 Å². The maximum absolute atomic E-state index is 11.6. The Morgan fingerprint density at radius 1 is 0.882 bits per heavy atom. The van der Waals surface area contributed by atoms with Crippen molar-refractivity contribution in [3.05, 3.63) is 28.3 Å². The molecule has 34 heavy (non-hydrogen) atoms. The largest absolute Gasteiger partial charge is 0.483 e. The predicted molar refractivity (Wildman–Crippen MR) is 145 cm³/mol. The summed E-state index contributed by atoms with van der Waals surface area (Å²) in [7, 11) is 0. The Bertz CT molecular complexity index is 851. The Hall–Kier alpha value is -1.77. The number of fused-ring (bicyclic) bond motifs is 1. The van der Waals surface area contributed by atoms with Crippen molar-refractivity contribution >= 4 is 12.0 Å². The second kappa shape index (κ2) is 12.8. The third kappa shape index (κ3) is 8.17. The molecule has 192 valence electrons. The van der Waals surface area contributed by atoms with Gasteiger partial charge in [0, 0.05) is 18.1 Å². The van der Waals surface area contributed by atoms with Crippen LogP contribution in [0.1, 0.15) is 122 Å². The first-order valence-electron chi connectivity index (χ1n) is 13.6.